The van der Waals surface area contributed by atoms with E-state index in [-0.39, 0.29) is 17.8 Å². The summed E-state index contributed by atoms with van der Waals surface area (Å²) in [6.07, 6.45) is 4.60. The molecule has 0 bridgehead atoms. The van der Waals surface area contributed by atoms with Crippen molar-refractivity contribution in [2.24, 2.45) is 11.8 Å². The molecule has 0 saturated carbocycles. The summed E-state index contributed by atoms with van der Waals surface area (Å²) in [5.74, 6) is 0.859. The third-order valence-electron chi connectivity index (χ3n) is 4.06. The van der Waals surface area contributed by atoms with Gasteiger partial charge >= 0.3 is 0 Å². The van der Waals surface area contributed by atoms with E-state index in [1.165, 1.54) is 0 Å². The molecule has 1 aromatic rings. The Morgan fingerprint density at radius 2 is 1.85 bits per heavy atom. The molecule has 0 aliphatic rings. The molecule has 3 atom stereocenters. The molecule has 0 fully saturated rings. The lowest BCUT2D eigenvalue weighted by molar-refractivity contribution is 0.0908. The minimum absolute atomic E-state index is 0.226. The van der Waals surface area contributed by atoms with Crippen molar-refractivity contribution in [2.75, 3.05) is 0 Å². The molecule has 0 saturated heterocycles. The SMILES string of the molecule is CCCCC(CC(=O)c1ccccc1)CC(C)C(C)O. The number of hydrogen-bond acceptors (Lipinski definition) is 2. The fourth-order valence-corrected chi connectivity index (χ4v) is 2.52. The summed E-state index contributed by atoms with van der Waals surface area (Å²) in [6.45, 7) is 6.07. The Labute approximate surface area is 123 Å². The minimum atomic E-state index is -0.300. The van der Waals surface area contributed by atoms with Gasteiger partial charge < -0.3 is 5.11 Å². The highest BCUT2D eigenvalue weighted by Gasteiger charge is 2.19. The summed E-state index contributed by atoms with van der Waals surface area (Å²) in [5, 5.41) is 9.66. The fraction of sp³-hybridized carbons (Fsp3) is 0.611. The Morgan fingerprint density at radius 3 is 2.40 bits per heavy atom. The maximum Gasteiger partial charge on any atom is 0.163 e. The number of aliphatic hydroxyl groups excluding tert-OH is 1. The molecule has 1 aromatic carbocycles. The van der Waals surface area contributed by atoms with E-state index in [0.717, 1.165) is 31.2 Å². The second-order valence-electron chi connectivity index (χ2n) is 5.96. The number of carbonyl (C=O) groups is 1. The number of Topliss-reactive ketones (excluding diaryl/α,β-unsaturated/α-hetero) is 1. The van der Waals surface area contributed by atoms with E-state index in [2.05, 4.69) is 13.8 Å². The molecule has 0 heterocycles. The van der Waals surface area contributed by atoms with Crippen LogP contribution < -0.4 is 0 Å². The summed E-state index contributed by atoms with van der Waals surface area (Å²) in [6, 6.07) is 9.52. The first-order valence-corrected chi connectivity index (χ1v) is 7.80. The molecular formula is C18H28O2. The zero-order chi connectivity index (χ0) is 15.0. The molecule has 112 valence electrons. The van der Waals surface area contributed by atoms with E-state index < -0.39 is 0 Å². The molecule has 1 N–H and O–H groups in total. The van der Waals surface area contributed by atoms with Crippen LogP contribution in [0.15, 0.2) is 30.3 Å². The maximum atomic E-state index is 12.3. The Hall–Kier alpha value is -1.15. The van der Waals surface area contributed by atoms with Gasteiger partial charge in [-0.1, -0.05) is 63.4 Å². The van der Waals surface area contributed by atoms with Gasteiger partial charge in [0, 0.05) is 12.0 Å². The third-order valence-corrected chi connectivity index (χ3v) is 4.06. The van der Waals surface area contributed by atoms with Crippen LogP contribution >= 0.6 is 0 Å². The number of hydrogen-bond donors (Lipinski definition) is 1. The maximum absolute atomic E-state index is 12.3. The van der Waals surface area contributed by atoms with Crippen LogP contribution in [-0.2, 0) is 0 Å². The van der Waals surface area contributed by atoms with Gasteiger partial charge in [-0.15, -0.1) is 0 Å². The van der Waals surface area contributed by atoms with E-state index in [9.17, 15) is 9.90 Å². The highest BCUT2D eigenvalue weighted by atomic mass is 16.3. The van der Waals surface area contributed by atoms with E-state index in [1.54, 1.807) is 0 Å². The largest absolute Gasteiger partial charge is 0.393 e. The standard InChI is InChI=1S/C18H28O2/c1-4-5-9-16(12-14(2)15(3)19)13-18(20)17-10-7-6-8-11-17/h6-8,10-11,14-16,19H,4-5,9,12-13H2,1-3H3. The van der Waals surface area contributed by atoms with Crippen LogP contribution in [0.3, 0.4) is 0 Å². The van der Waals surface area contributed by atoms with Crippen molar-refractivity contribution in [3.8, 4) is 0 Å². The highest BCUT2D eigenvalue weighted by molar-refractivity contribution is 5.96. The van der Waals surface area contributed by atoms with E-state index in [4.69, 9.17) is 0 Å². The van der Waals surface area contributed by atoms with Crippen molar-refractivity contribution >= 4 is 5.78 Å². The molecule has 0 amide bonds. The van der Waals surface area contributed by atoms with Crippen LogP contribution in [0, 0.1) is 11.8 Å². The molecule has 0 aromatic heterocycles. The van der Waals surface area contributed by atoms with Gasteiger partial charge in [-0.3, -0.25) is 4.79 Å². The van der Waals surface area contributed by atoms with Gasteiger partial charge in [0.2, 0.25) is 0 Å². The molecule has 3 unspecified atom stereocenters. The van der Waals surface area contributed by atoms with Crippen LogP contribution in [0.25, 0.3) is 0 Å². The van der Waals surface area contributed by atoms with E-state index in [0.29, 0.717) is 12.3 Å². The second kappa shape index (κ2) is 8.91. The molecule has 0 spiro atoms. The number of ketones is 1. The Morgan fingerprint density at radius 1 is 1.20 bits per heavy atom. The van der Waals surface area contributed by atoms with E-state index >= 15 is 0 Å². The highest BCUT2D eigenvalue weighted by Crippen LogP contribution is 2.25. The van der Waals surface area contributed by atoms with Crippen LogP contribution in [-0.4, -0.2) is 17.0 Å². The number of unbranched alkanes of at least 4 members (excludes halogenated alkanes) is 1. The van der Waals surface area contributed by atoms with Crippen LogP contribution in [0.1, 0.15) is 63.2 Å². The molecule has 0 aliphatic carbocycles. The molecule has 2 nitrogen and oxygen atoms in total. The van der Waals surface area contributed by atoms with Crippen molar-refractivity contribution in [1.82, 2.24) is 0 Å². The van der Waals surface area contributed by atoms with Crippen molar-refractivity contribution in [3.05, 3.63) is 35.9 Å². The van der Waals surface area contributed by atoms with Gasteiger partial charge in [0.1, 0.15) is 0 Å². The zero-order valence-electron chi connectivity index (χ0n) is 13.0. The Bertz CT molecular complexity index is 384. The fourth-order valence-electron chi connectivity index (χ4n) is 2.52. The Kier molecular flexibility index (Phi) is 7.53. The average Bonchev–Trinajstić information content (AvgIpc) is 2.45. The molecule has 20 heavy (non-hydrogen) atoms. The van der Waals surface area contributed by atoms with Gasteiger partial charge in [-0.2, -0.15) is 0 Å². The number of aliphatic hydroxyl groups is 1. The topological polar surface area (TPSA) is 37.3 Å². The summed E-state index contributed by atoms with van der Waals surface area (Å²) >= 11 is 0. The zero-order valence-corrected chi connectivity index (χ0v) is 13.0. The predicted octanol–water partition coefficient (Wildman–Crippen LogP) is 4.47. The minimum Gasteiger partial charge on any atom is -0.393 e. The molecular weight excluding hydrogens is 248 g/mol. The van der Waals surface area contributed by atoms with E-state index in [1.807, 2.05) is 37.3 Å². The first-order valence-electron chi connectivity index (χ1n) is 7.80. The van der Waals surface area contributed by atoms with Crippen molar-refractivity contribution in [2.45, 2.75) is 59.0 Å². The van der Waals surface area contributed by atoms with Crippen LogP contribution in [0.5, 0.6) is 0 Å². The lowest BCUT2D eigenvalue weighted by Gasteiger charge is -2.22. The van der Waals surface area contributed by atoms with Gasteiger partial charge in [-0.05, 0) is 25.2 Å². The molecule has 2 heteroatoms. The predicted molar refractivity (Wildman–Crippen MR) is 83.9 cm³/mol. The molecule has 0 aliphatic heterocycles. The average molecular weight is 276 g/mol. The number of carbonyl (C=O) groups excluding carboxylic acids is 1. The van der Waals surface area contributed by atoms with Crippen LogP contribution in [0.2, 0.25) is 0 Å². The van der Waals surface area contributed by atoms with Gasteiger partial charge in [0.15, 0.2) is 5.78 Å². The van der Waals surface area contributed by atoms with Crippen LogP contribution in [0.4, 0.5) is 0 Å². The van der Waals surface area contributed by atoms with Gasteiger partial charge in [0.05, 0.1) is 6.10 Å². The summed E-state index contributed by atoms with van der Waals surface area (Å²) < 4.78 is 0. The summed E-state index contributed by atoms with van der Waals surface area (Å²) in [4.78, 5) is 12.3. The van der Waals surface area contributed by atoms with Gasteiger partial charge in [-0.25, -0.2) is 0 Å². The van der Waals surface area contributed by atoms with Crippen molar-refractivity contribution < 1.29 is 9.90 Å². The normalized spacial score (nSPS) is 15.6. The van der Waals surface area contributed by atoms with Crippen molar-refractivity contribution in [1.29, 1.82) is 0 Å². The summed E-state index contributed by atoms with van der Waals surface area (Å²) in [7, 11) is 0. The smallest absolute Gasteiger partial charge is 0.163 e. The molecule has 0 radical (unpaired) electrons. The monoisotopic (exact) mass is 276 g/mol. The first-order chi connectivity index (χ1) is 9.54. The second-order valence-corrected chi connectivity index (χ2v) is 5.96. The Balaban J connectivity index is 2.61. The quantitative estimate of drug-likeness (QED) is 0.675. The number of rotatable bonds is 9. The number of benzene rings is 1. The third kappa shape index (κ3) is 5.87. The lowest BCUT2D eigenvalue weighted by atomic mass is 9.85. The van der Waals surface area contributed by atoms with Crippen molar-refractivity contribution in [3.63, 3.8) is 0 Å². The molecule has 1 rings (SSSR count). The first kappa shape index (κ1) is 16.9. The summed E-state index contributed by atoms with van der Waals surface area (Å²) in [5.41, 5.74) is 0.804. The lowest BCUT2D eigenvalue weighted by Crippen LogP contribution is -2.19. The van der Waals surface area contributed by atoms with Gasteiger partial charge in [0.25, 0.3) is 0 Å².